The molecule has 7 nitrogen and oxygen atoms in total. The highest BCUT2D eigenvalue weighted by Gasteiger charge is 2.17. The van der Waals surface area contributed by atoms with E-state index in [1.54, 1.807) is 24.3 Å². The van der Waals surface area contributed by atoms with Gasteiger partial charge < -0.3 is 10.6 Å². The maximum Gasteiger partial charge on any atom is 0.272 e. The number of amides is 2. The van der Waals surface area contributed by atoms with E-state index in [4.69, 9.17) is 34.8 Å². The molecule has 0 bridgehead atoms. The molecule has 3 aromatic rings. The fraction of sp³-hybridized carbons (Fsp3) is 0. The summed E-state index contributed by atoms with van der Waals surface area (Å²) in [5.74, 6) is -1.31. The fourth-order valence-corrected chi connectivity index (χ4v) is 3.19. The summed E-state index contributed by atoms with van der Waals surface area (Å²) in [7, 11) is 0. The molecule has 0 saturated heterocycles. The Balaban J connectivity index is 1.97. The Morgan fingerprint density at radius 1 is 0.906 bits per heavy atom. The zero-order valence-corrected chi connectivity index (χ0v) is 18.4. The monoisotopic (exact) mass is 489 g/mol. The summed E-state index contributed by atoms with van der Waals surface area (Å²) in [6.07, 6.45) is 1.31. The average molecular weight is 491 g/mol. The van der Waals surface area contributed by atoms with Gasteiger partial charge in [0.15, 0.2) is 0 Å². The van der Waals surface area contributed by atoms with Crippen molar-refractivity contribution in [2.75, 3.05) is 5.32 Å². The number of anilines is 1. The van der Waals surface area contributed by atoms with Gasteiger partial charge in [0.2, 0.25) is 0 Å². The summed E-state index contributed by atoms with van der Waals surface area (Å²) >= 11 is 18.0. The molecule has 0 spiro atoms. The summed E-state index contributed by atoms with van der Waals surface area (Å²) in [5, 5.41) is 17.1. The number of nitro groups is 1. The van der Waals surface area contributed by atoms with Crippen molar-refractivity contribution in [1.82, 2.24) is 5.32 Å². The zero-order chi connectivity index (χ0) is 23.3. The number of rotatable bonds is 6. The molecule has 0 unspecified atom stereocenters. The van der Waals surface area contributed by atoms with E-state index < -0.39 is 16.7 Å². The minimum Gasteiger partial charge on any atom is -0.319 e. The first kappa shape index (κ1) is 23.3. The maximum atomic E-state index is 13.0. The van der Waals surface area contributed by atoms with Gasteiger partial charge in [-0.05, 0) is 48.0 Å². The molecule has 0 radical (unpaired) electrons. The van der Waals surface area contributed by atoms with E-state index in [0.717, 1.165) is 0 Å². The third-order valence-corrected chi connectivity index (χ3v) is 4.95. The van der Waals surface area contributed by atoms with Crippen LogP contribution < -0.4 is 10.6 Å². The van der Waals surface area contributed by atoms with Crippen molar-refractivity contribution in [3.05, 3.63) is 109 Å². The summed E-state index contributed by atoms with van der Waals surface area (Å²) < 4.78 is 0. The van der Waals surface area contributed by atoms with Crippen molar-refractivity contribution >= 4 is 64.1 Å². The summed E-state index contributed by atoms with van der Waals surface area (Å²) in [5.41, 5.74) is 0.430. The van der Waals surface area contributed by atoms with E-state index in [1.807, 2.05) is 0 Å². The van der Waals surface area contributed by atoms with Crippen molar-refractivity contribution < 1.29 is 14.5 Å². The van der Waals surface area contributed by atoms with Crippen LogP contribution in [0.15, 0.2) is 72.4 Å². The maximum absolute atomic E-state index is 13.0. The molecule has 32 heavy (non-hydrogen) atoms. The van der Waals surface area contributed by atoms with Crippen LogP contribution in [0.3, 0.4) is 0 Å². The second kappa shape index (κ2) is 10.3. The van der Waals surface area contributed by atoms with Crippen LogP contribution in [0.1, 0.15) is 15.9 Å². The van der Waals surface area contributed by atoms with Gasteiger partial charge in [-0.2, -0.15) is 0 Å². The van der Waals surface area contributed by atoms with E-state index in [9.17, 15) is 19.7 Å². The Labute approximate surface area is 197 Å². The van der Waals surface area contributed by atoms with Crippen LogP contribution >= 0.6 is 34.8 Å². The van der Waals surface area contributed by atoms with Gasteiger partial charge in [0, 0.05) is 27.7 Å². The van der Waals surface area contributed by atoms with Gasteiger partial charge in [-0.1, -0.05) is 53.0 Å². The number of non-ortho nitro benzene ring substituents is 1. The standard InChI is InChI=1S/C22H14Cl3N3O4/c23-15-5-2-4-14(11-15)21(29)27-20(10-13-3-1-6-17(9-13)28(31)32)22(30)26-19-12-16(24)7-8-18(19)25/h1-12H,(H,26,30)(H,27,29). The minimum atomic E-state index is -0.712. The van der Waals surface area contributed by atoms with E-state index in [-0.39, 0.29) is 27.7 Å². The van der Waals surface area contributed by atoms with Crippen molar-refractivity contribution in [3.63, 3.8) is 0 Å². The third-order valence-electron chi connectivity index (χ3n) is 4.15. The first-order valence-corrected chi connectivity index (χ1v) is 10.2. The summed E-state index contributed by atoms with van der Waals surface area (Å²) in [6, 6.07) is 16.3. The molecule has 162 valence electrons. The molecule has 0 fully saturated rings. The van der Waals surface area contributed by atoms with Crippen LogP contribution in [-0.2, 0) is 4.79 Å². The fourth-order valence-electron chi connectivity index (χ4n) is 2.66. The number of carbonyl (C=O) groups excluding carboxylic acids is 2. The number of hydrogen-bond donors (Lipinski definition) is 2. The lowest BCUT2D eigenvalue weighted by Crippen LogP contribution is -2.30. The highest BCUT2D eigenvalue weighted by atomic mass is 35.5. The van der Waals surface area contributed by atoms with Crippen LogP contribution in [0.4, 0.5) is 11.4 Å². The van der Waals surface area contributed by atoms with E-state index >= 15 is 0 Å². The molecule has 10 heteroatoms. The lowest BCUT2D eigenvalue weighted by molar-refractivity contribution is -0.384. The van der Waals surface area contributed by atoms with Crippen LogP contribution in [0.25, 0.3) is 6.08 Å². The second-order valence-electron chi connectivity index (χ2n) is 6.45. The number of nitrogens with one attached hydrogen (secondary N) is 2. The van der Waals surface area contributed by atoms with Crippen LogP contribution in [0, 0.1) is 10.1 Å². The second-order valence-corrected chi connectivity index (χ2v) is 7.73. The van der Waals surface area contributed by atoms with Crippen LogP contribution in [-0.4, -0.2) is 16.7 Å². The quantitative estimate of drug-likeness (QED) is 0.253. The number of hydrogen-bond acceptors (Lipinski definition) is 4. The lowest BCUT2D eigenvalue weighted by Gasteiger charge is -2.12. The van der Waals surface area contributed by atoms with Gasteiger partial charge in [-0.3, -0.25) is 19.7 Å². The lowest BCUT2D eigenvalue weighted by atomic mass is 10.1. The van der Waals surface area contributed by atoms with Gasteiger partial charge in [0.05, 0.1) is 15.6 Å². The molecule has 0 aliphatic rings. The Hall–Kier alpha value is -3.39. The molecule has 0 aromatic heterocycles. The Bertz CT molecular complexity index is 1240. The Morgan fingerprint density at radius 2 is 1.62 bits per heavy atom. The minimum absolute atomic E-state index is 0.169. The first-order chi connectivity index (χ1) is 15.2. The first-order valence-electron chi connectivity index (χ1n) is 9.02. The highest BCUT2D eigenvalue weighted by Crippen LogP contribution is 2.26. The summed E-state index contributed by atoms with van der Waals surface area (Å²) in [4.78, 5) is 36.2. The van der Waals surface area contributed by atoms with Crippen LogP contribution in [0.2, 0.25) is 15.1 Å². The molecular weight excluding hydrogens is 477 g/mol. The number of nitro benzene ring substituents is 1. The Morgan fingerprint density at radius 3 is 2.34 bits per heavy atom. The predicted molar refractivity (Wildman–Crippen MR) is 125 cm³/mol. The smallest absolute Gasteiger partial charge is 0.272 e. The number of benzene rings is 3. The van der Waals surface area contributed by atoms with Crippen molar-refractivity contribution in [1.29, 1.82) is 0 Å². The van der Waals surface area contributed by atoms with Gasteiger partial charge in [0.25, 0.3) is 17.5 Å². The van der Waals surface area contributed by atoms with E-state index in [2.05, 4.69) is 10.6 Å². The average Bonchev–Trinajstić information content (AvgIpc) is 2.76. The van der Waals surface area contributed by atoms with Crippen molar-refractivity contribution in [2.24, 2.45) is 0 Å². The predicted octanol–water partition coefficient (Wildman–Crippen LogP) is 5.96. The number of halogens is 3. The molecule has 3 rings (SSSR count). The number of carbonyl (C=O) groups is 2. The normalized spacial score (nSPS) is 11.0. The van der Waals surface area contributed by atoms with Crippen LogP contribution in [0.5, 0.6) is 0 Å². The molecule has 2 N–H and O–H groups in total. The molecule has 0 aliphatic carbocycles. The SMILES string of the molecule is O=C(Nc1cc(Cl)ccc1Cl)C(=Cc1cccc([N+](=O)[O-])c1)NC(=O)c1cccc(Cl)c1. The van der Waals surface area contributed by atoms with Crippen molar-refractivity contribution in [3.8, 4) is 0 Å². The molecule has 0 atom stereocenters. The molecule has 3 aromatic carbocycles. The van der Waals surface area contributed by atoms with E-state index in [1.165, 1.54) is 48.5 Å². The number of nitrogens with zero attached hydrogens (tertiary/aromatic N) is 1. The summed E-state index contributed by atoms with van der Waals surface area (Å²) in [6.45, 7) is 0. The molecule has 0 saturated carbocycles. The van der Waals surface area contributed by atoms with Crippen molar-refractivity contribution in [2.45, 2.75) is 0 Å². The van der Waals surface area contributed by atoms with Gasteiger partial charge in [-0.15, -0.1) is 0 Å². The Kier molecular flexibility index (Phi) is 7.48. The zero-order valence-electron chi connectivity index (χ0n) is 16.1. The molecule has 2 amide bonds. The topological polar surface area (TPSA) is 101 Å². The molecular formula is C22H14Cl3N3O4. The van der Waals surface area contributed by atoms with E-state index in [0.29, 0.717) is 15.6 Å². The highest BCUT2D eigenvalue weighted by molar-refractivity contribution is 6.36. The largest absolute Gasteiger partial charge is 0.319 e. The van der Waals surface area contributed by atoms with Gasteiger partial charge in [-0.25, -0.2) is 0 Å². The van der Waals surface area contributed by atoms with Gasteiger partial charge >= 0.3 is 0 Å². The third kappa shape index (κ3) is 6.07. The molecule has 0 heterocycles. The molecule has 0 aliphatic heterocycles. The van der Waals surface area contributed by atoms with Gasteiger partial charge in [0.1, 0.15) is 5.70 Å².